The number of hydrogen-bond donors (Lipinski definition) is 0. The molecule has 0 spiro atoms. The summed E-state index contributed by atoms with van der Waals surface area (Å²) in [6.45, 7) is -0.137. The molecular formula is C8H7ClF2O. The summed E-state index contributed by atoms with van der Waals surface area (Å²) in [5, 5.41) is 0. The lowest BCUT2D eigenvalue weighted by molar-refractivity contribution is 0.159. The quantitative estimate of drug-likeness (QED) is 0.669. The first-order chi connectivity index (χ1) is 5.75. The fourth-order valence-corrected chi connectivity index (χ4v) is 0.888. The van der Waals surface area contributed by atoms with Crippen molar-refractivity contribution < 1.29 is 13.5 Å². The van der Waals surface area contributed by atoms with E-state index in [9.17, 15) is 8.78 Å². The average molecular weight is 193 g/mol. The maximum atomic E-state index is 12.8. The van der Waals surface area contributed by atoms with Crippen molar-refractivity contribution in [2.75, 3.05) is 6.07 Å². The van der Waals surface area contributed by atoms with Gasteiger partial charge in [0.05, 0.1) is 6.61 Å². The van der Waals surface area contributed by atoms with E-state index in [1.807, 2.05) is 0 Å². The lowest BCUT2D eigenvalue weighted by Gasteiger charge is -2.02. The van der Waals surface area contributed by atoms with Crippen LogP contribution < -0.4 is 0 Å². The zero-order chi connectivity index (χ0) is 8.97. The minimum Gasteiger partial charge on any atom is -0.361 e. The predicted octanol–water partition coefficient (Wildman–Crippen LogP) is 2.68. The van der Waals surface area contributed by atoms with Gasteiger partial charge in [0.25, 0.3) is 0 Å². The number of hydrogen-bond acceptors (Lipinski definition) is 1. The van der Waals surface area contributed by atoms with Crippen molar-refractivity contribution in [3.8, 4) is 0 Å². The van der Waals surface area contributed by atoms with Crippen molar-refractivity contribution in [2.45, 2.75) is 6.61 Å². The number of rotatable bonds is 3. The van der Waals surface area contributed by atoms with Gasteiger partial charge >= 0.3 is 0 Å². The summed E-state index contributed by atoms with van der Waals surface area (Å²) < 4.78 is 30.3. The number of benzene rings is 1. The SMILES string of the molecule is Fc1cccc(F)c1COCCl. The predicted molar refractivity (Wildman–Crippen MR) is 41.9 cm³/mol. The van der Waals surface area contributed by atoms with Crippen molar-refractivity contribution in [2.24, 2.45) is 0 Å². The highest BCUT2D eigenvalue weighted by Gasteiger charge is 2.07. The van der Waals surface area contributed by atoms with Gasteiger partial charge in [-0.15, -0.1) is 0 Å². The van der Waals surface area contributed by atoms with E-state index in [4.69, 9.17) is 11.6 Å². The topological polar surface area (TPSA) is 9.23 Å². The molecule has 0 atom stereocenters. The fourth-order valence-electron chi connectivity index (χ4n) is 0.811. The Kier molecular flexibility index (Phi) is 3.44. The van der Waals surface area contributed by atoms with Crippen LogP contribution >= 0.6 is 11.6 Å². The largest absolute Gasteiger partial charge is 0.361 e. The zero-order valence-corrected chi connectivity index (χ0v) is 6.94. The first-order valence-electron chi connectivity index (χ1n) is 3.32. The van der Waals surface area contributed by atoms with Gasteiger partial charge in [-0.1, -0.05) is 17.7 Å². The summed E-state index contributed by atoms with van der Waals surface area (Å²) in [5.74, 6) is -1.22. The zero-order valence-electron chi connectivity index (χ0n) is 6.19. The molecule has 0 aromatic heterocycles. The molecule has 0 saturated carbocycles. The Labute approximate surface area is 73.9 Å². The van der Waals surface area contributed by atoms with Gasteiger partial charge in [-0.25, -0.2) is 8.78 Å². The van der Waals surface area contributed by atoms with Gasteiger partial charge in [0.1, 0.15) is 17.7 Å². The van der Waals surface area contributed by atoms with E-state index in [1.54, 1.807) is 0 Å². The van der Waals surface area contributed by atoms with Gasteiger partial charge in [0, 0.05) is 5.56 Å². The Bertz CT molecular complexity index is 245. The molecule has 0 radical (unpaired) electrons. The van der Waals surface area contributed by atoms with Crippen LogP contribution in [0.5, 0.6) is 0 Å². The third kappa shape index (κ3) is 2.16. The van der Waals surface area contributed by atoms with Gasteiger partial charge in [-0.3, -0.25) is 0 Å². The third-order valence-corrected chi connectivity index (χ3v) is 1.54. The van der Waals surface area contributed by atoms with Crippen LogP contribution in [-0.4, -0.2) is 6.07 Å². The standard InChI is InChI=1S/C8H7ClF2O/c9-5-12-4-6-7(10)2-1-3-8(6)11/h1-3H,4-5H2. The van der Waals surface area contributed by atoms with Crippen molar-refractivity contribution in [1.29, 1.82) is 0 Å². The Hall–Kier alpha value is -0.670. The average Bonchev–Trinajstić information content (AvgIpc) is 2.04. The Morgan fingerprint density at radius 2 is 1.83 bits per heavy atom. The van der Waals surface area contributed by atoms with E-state index >= 15 is 0 Å². The summed E-state index contributed by atoms with van der Waals surface area (Å²) >= 11 is 5.19. The van der Waals surface area contributed by atoms with Crippen LogP contribution in [0.2, 0.25) is 0 Å². The van der Waals surface area contributed by atoms with E-state index in [1.165, 1.54) is 18.2 Å². The minimum absolute atomic E-state index is 0.0756. The fraction of sp³-hybridized carbons (Fsp3) is 0.250. The highest BCUT2D eigenvalue weighted by atomic mass is 35.5. The second-order valence-electron chi connectivity index (χ2n) is 2.16. The summed E-state index contributed by atoms with van der Waals surface area (Å²) in [4.78, 5) is 0. The molecule has 0 fully saturated rings. The molecule has 0 heterocycles. The van der Waals surface area contributed by atoms with E-state index < -0.39 is 11.6 Å². The van der Waals surface area contributed by atoms with Crippen molar-refractivity contribution in [1.82, 2.24) is 0 Å². The van der Waals surface area contributed by atoms with E-state index in [-0.39, 0.29) is 18.2 Å². The monoisotopic (exact) mass is 192 g/mol. The molecule has 0 aliphatic rings. The van der Waals surface area contributed by atoms with Crippen molar-refractivity contribution >= 4 is 11.6 Å². The molecular weight excluding hydrogens is 186 g/mol. The molecule has 0 bridgehead atoms. The van der Waals surface area contributed by atoms with Crippen molar-refractivity contribution in [3.63, 3.8) is 0 Å². The highest BCUT2D eigenvalue weighted by Crippen LogP contribution is 2.12. The van der Waals surface area contributed by atoms with Crippen molar-refractivity contribution in [3.05, 3.63) is 35.4 Å². The Morgan fingerprint density at radius 1 is 1.25 bits per heavy atom. The molecule has 0 aliphatic heterocycles. The second-order valence-corrected chi connectivity index (χ2v) is 2.38. The van der Waals surface area contributed by atoms with Crippen LogP contribution in [0.15, 0.2) is 18.2 Å². The molecule has 1 rings (SSSR count). The molecule has 0 saturated heterocycles. The van der Waals surface area contributed by atoms with E-state index in [2.05, 4.69) is 4.74 Å². The van der Waals surface area contributed by atoms with E-state index in [0.29, 0.717) is 0 Å². The Morgan fingerprint density at radius 3 is 2.33 bits per heavy atom. The summed E-state index contributed by atoms with van der Waals surface area (Å²) in [5.41, 5.74) is -0.0850. The summed E-state index contributed by atoms with van der Waals surface area (Å²) in [6, 6.07) is 3.58. The van der Waals surface area contributed by atoms with Crippen LogP contribution in [0.4, 0.5) is 8.78 Å². The molecule has 1 aromatic rings. The van der Waals surface area contributed by atoms with Crippen LogP contribution in [0.3, 0.4) is 0 Å². The maximum absolute atomic E-state index is 12.8. The minimum atomic E-state index is -0.611. The number of alkyl halides is 1. The first-order valence-corrected chi connectivity index (χ1v) is 3.85. The van der Waals surface area contributed by atoms with Gasteiger partial charge < -0.3 is 4.74 Å². The lowest BCUT2D eigenvalue weighted by Crippen LogP contribution is -1.98. The third-order valence-electron chi connectivity index (χ3n) is 1.39. The normalized spacial score (nSPS) is 10.2. The molecule has 0 unspecified atom stereocenters. The van der Waals surface area contributed by atoms with Gasteiger partial charge in [0.15, 0.2) is 0 Å². The summed E-state index contributed by atoms with van der Waals surface area (Å²) in [7, 11) is 0. The van der Waals surface area contributed by atoms with Crippen LogP contribution in [0.1, 0.15) is 5.56 Å². The molecule has 66 valence electrons. The molecule has 0 aliphatic carbocycles. The van der Waals surface area contributed by atoms with Crippen LogP contribution in [0, 0.1) is 11.6 Å². The lowest BCUT2D eigenvalue weighted by atomic mass is 10.2. The molecule has 0 N–H and O–H groups in total. The molecule has 1 nitrogen and oxygen atoms in total. The first kappa shape index (κ1) is 9.42. The highest BCUT2D eigenvalue weighted by molar-refractivity contribution is 6.17. The molecule has 0 amide bonds. The number of halogens is 3. The molecule has 4 heteroatoms. The van der Waals surface area contributed by atoms with E-state index in [0.717, 1.165) is 0 Å². The van der Waals surface area contributed by atoms with Gasteiger partial charge in [-0.05, 0) is 12.1 Å². The molecule has 12 heavy (non-hydrogen) atoms. The molecule has 1 aromatic carbocycles. The number of ether oxygens (including phenoxy) is 1. The van der Waals surface area contributed by atoms with Gasteiger partial charge in [-0.2, -0.15) is 0 Å². The smallest absolute Gasteiger partial charge is 0.131 e. The maximum Gasteiger partial charge on any atom is 0.131 e. The second kappa shape index (κ2) is 4.38. The van der Waals surface area contributed by atoms with Gasteiger partial charge in [0.2, 0.25) is 0 Å². The van der Waals surface area contributed by atoms with Crippen LogP contribution in [-0.2, 0) is 11.3 Å². The van der Waals surface area contributed by atoms with Crippen LogP contribution in [0.25, 0.3) is 0 Å². The Balaban J connectivity index is 2.81. The summed E-state index contributed by atoms with van der Waals surface area (Å²) in [6.07, 6.45) is 0.